The Morgan fingerprint density at radius 2 is 0.707 bits per heavy atom. The van der Waals surface area contributed by atoms with E-state index in [9.17, 15) is 9.13 Å². The van der Waals surface area contributed by atoms with Crippen LogP contribution < -0.4 is 18.1 Å². The van der Waals surface area contributed by atoms with E-state index in [1.165, 1.54) is 0 Å². The Labute approximate surface area is 240 Å². The summed E-state index contributed by atoms with van der Waals surface area (Å²) < 4.78 is 66.8. The third-order valence-electron chi connectivity index (χ3n) is 5.24. The minimum Gasteiger partial charge on any atom is -0.395 e. The Hall–Kier alpha value is -3.58. The van der Waals surface area contributed by atoms with Gasteiger partial charge in [-0.2, -0.15) is 0 Å². The first kappa shape index (κ1) is 30.4. The largest absolute Gasteiger partial charge is 0.587 e. The number of hydrogen-bond donors (Lipinski definition) is 0. The summed E-state index contributed by atoms with van der Waals surface area (Å²) in [5.74, 6) is 1.31. The van der Waals surface area contributed by atoms with Gasteiger partial charge in [-0.15, -0.1) is 0 Å². The molecule has 0 aliphatic heterocycles. The van der Waals surface area contributed by atoms with Crippen LogP contribution in [0.4, 0.5) is 0 Å². The summed E-state index contributed by atoms with van der Waals surface area (Å²) in [5.41, 5.74) is 0. The molecular weight excluding hydrogens is 566 g/mol. The first-order chi connectivity index (χ1) is 19.8. The third kappa shape index (κ3) is 10.4. The van der Waals surface area contributed by atoms with Crippen LogP contribution in [0.2, 0.25) is 0 Å². The van der Waals surface area contributed by atoms with E-state index in [4.69, 9.17) is 31.9 Å². The molecule has 41 heavy (non-hydrogen) atoms. The number of hydrogen-bond acceptors (Lipinski definition) is 9. The standard InChI is InChI=1S/C30H32O9P2/c1-25(23-33-40(31,36-27-15-7-3-8-16-27)37-28-17-9-4-10-18-28)35-26(2)24-34-41(32,38-29-19-11-5-12-20-29)39-30-21-13-6-14-22-30/h3-22,25-26H,23-24H2,1-2H3. The molecule has 2 atom stereocenters. The maximum absolute atomic E-state index is 13.5. The second-order valence-electron chi connectivity index (χ2n) is 8.86. The fraction of sp³-hybridized carbons (Fsp3) is 0.200. The lowest BCUT2D eigenvalue weighted by Crippen LogP contribution is -2.26. The Morgan fingerprint density at radius 3 is 0.951 bits per heavy atom. The fourth-order valence-corrected chi connectivity index (χ4v) is 6.04. The van der Waals surface area contributed by atoms with Crippen molar-refractivity contribution in [3.63, 3.8) is 0 Å². The summed E-state index contributed by atoms with van der Waals surface area (Å²) in [7, 11) is -8.15. The summed E-state index contributed by atoms with van der Waals surface area (Å²) in [5, 5.41) is 0. The molecule has 0 aromatic heterocycles. The van der Waals surface area contributed by atoms with Crippen molar-refractivity contribution >= 4 is 15.6 Å². The lowest BCUT2D eigenvalue weighted by Gasteiger charge is -2.24. The Morgan fingerprint density at radius 1 is 0.463 bits per heavy atom. The Kier molecular flexibility index (Phi) is 11.0. The van der Waals surface area contributed by atoms with Gasteiger partial charge in [-0.3, -0.25) is 9.05 Å². The molecule has 0 radical (unpaired) electrons. The molecule has 0 aliphatic carbocycles. The summed E-state index contributed by atoms with van der Waals surface area (Å²) in [6.07, 6.45) is -1.13. The van der Waals surface area contributed by atoms with Gasteiger partial charge >= 0.3 is 15.6 Å². The van der Waals surface area contributed by atoms with Gasteiger partial charge in [-0.1, -0.05) is 72.8 Å². The highest BCUT2D eigenvalue weighted by Crippen LogP contribution is 2.51. The molecule has 4 aromatic rings. The number of phosphoric acid groups is 2. The van der Waals surface area contributed by atoms with Gasteiger partial charge in [-0.25, -0.2) is 9.13 Å². The SMILES string of the molecule is CC(COP(=O)(Oc1ccccc1)Oc1ccccc1)OC(C)COP(=O)(Oc1ccccc1)Oc1ccccc1. The van der Waals surface area contributed by atoms with Crippen LogP contribution in [0.5, 0.6) is 23.0 Å². The molecule has 0 saturated heterocycles. The Bertz CT molecular complexity index is 1210. The van der Waals surface area contributed by atoms with Crippen molar-refractivity contribution < 1.29 is 41.0 Å². The highest BCUT2D eigenvalue weighted by molar-refractivity contribution is 7.49. The van der Waals surface area contributed by atoms with Crippen molar-refractivity contribution in [2.45, 2.75) is 26.1 Å². The van der Waals surface area contributed by atoms with E-state index in [0.29, 0.717) is 23.0 Å². The lowest BCUT2D eigenvalue weighted by molar-refractivity contribution is -0.0398. The monoisotopic (exact) mass is 598 g/mol. The van der Waals surface area contributed by atoms with Crippen molar-refractivity contribution in [1.29, 1.82) is 0 Å². The number of para-hydroxylation sites is 4. The van der Waals surface area contributed by atoms with Gasteiger partial charge in [-0.05, 0) is 62.4 Å². The van der Waals surface area contributed by atoms with E-state index in [0.717, 1.165) is 0 Å². The smallest absolute Gasteiger partial charge is 0.395 e. The lowest BCUT2D eigenvalue weighted by atomic mass is 10.3. The quantitative estimate of drug-likeness (QED) is 0.118. The minimum absolute atomic E-state index is 0.125. The molecule has 4 aromatic carbocycles. The van der Waals surface area contributed by atoms with Gasteiger partial charge in [0.2, 0.25) is 0 Å². The number of rotatable bonds is 16. The molecule has 0 bridgehead atoms. The van der Waals surface area contributed by atoms with Gasteiger partial charge in [0.15, 0.2) is 0 Å². The molecule has 2 unspecified atom stereocenters. The first-order valence-electron chi connectivity index (χ1n) is 12.9. The van der Waals surface area contributed by atoms with E-state index < -0.39 is 27.9 Å². The van der Waals surface area contributed by atoms with Crippen LogP contribution in [-0.2, 0) is 22.9 Å². The molecular formula is C30H32O9P2. The summed E-state index contributed by atoms with van der Waals surface area (Å²) in [4.78, 5) is 0. The molecule has 0 fully saturated rings. The molecule has 4 rings (SSSR count). The van der Waals surface area contributed by atoms with Crippen LogP contribution in [0, 0.1) is 0 Å². The van der Waals surface area contributed by atoms with Gasteiger partial charge in [0.05, 0.1) is 25.4 Å². The van der Waals surface area contributed by atoms with Crippen LogP contribution in [0.25, 0.3) is 0 Å². The zero-order valence-corrected chi connectivity index (χ0v) is 24.5. The van der Waals surface area contributed by atoms with Crippen molar-refractivity contribution in [3.8, 4) is 23.0 Å². The number of phosphoric ester groups is 2. The predicted molar refractivity (Wildman–Crippen MR) is 155 cm³/mol. The molecule has 0 saturated carbocycles. The molecule has 0 aliphatic rings. The average molecular weight is 599 g/mol. The van der Waals surface area contributed by atoms with Crippen LogP contribution in [-0.4, -0.2) is 25.4 Å². The number of ether oxygens (including phenoxy) is 1. The topological polar surface area (TPSA) is 98.8 Å². The highest BCUT2D eigenvalue weighted by Gasteiger charge is 2.34. The van der Waals surface area contributed by atoms with Gasteiger partial charge in [0.1, 0.15) is 23.0 Å². The minimum atomic E-state index is -4.08. The maximum atomic E-state index is 13.5. The van der Waals surface area contributed by atoms with Crippen LogP contribution in [0.1, 0.15) is 13.8 Å². The van der Waals surface area contributed by atoms with Crippen LogP contribution in [0.3, 0.4) is 0 Å². The fourth-order valence-electron chi connectivity index (χ4n) is 3.45. The maximum Gasteiger partial charge on any atom is 0.587 e. The van der Waals surface area contributed by atoms with E-state index in [1.807, 2.05) is 24.3 Å². The first-order valence-corrected chi connectivity index (χ1v) is 15.9. The molecule has 0 heterocycles. The average Bonchev–Trinajstić information content (AvgIpc) is 2.97. The van der Waals surface area contributed by atoms with Crippen molar-refractivity contribution in [3.05, 3.63) is 121 Å². The second kappa shape index (κ2) is 14.9. The second-order valence-corrected chi connectivity index (χ2v) is 11.9. The molecule has 0 N–H and O–H groups in total. The molecule has 216 valence electrons. The van der Waals surface area contributed by atoms with Crippen LogP contribution >= 0.6 is 15.6 Å². The zero-order chi connectivity index (χ0) is 29.0. The van der Waals surface area contributed by atoms with E-state index in [2.05, 4.69) is 0 Å². The summed E-state index contributed by atoms with van der Waals surface area (Å²) >= 11 is 0. The van der Waals surface area contributed by atoms with Crippen molar-refractivity contribution in [1.82, 2.24) is 0 Å². The molecule has 9 nitrogen and oxygen atoms in total. The molecule has 0 spiro atoms. The summed E-state index contributed by atoms with van der Waals surface area (Å²) in [6, 6.07) is 34.4. The normalized spacial score (nSPS) is 13.1. The highest BCUT2D eigenvalue weighted by atomic mass is 31.2. The summed E-state index contributed by atoms with van der Waals surface area (Å²) in [6.45, 7) is 3.21. The van der Waals surface area contributed by atoms with E-state index in [-0.39, 0.29) is 13.2 Å². The molecule has 0 amide bonds. The van der Waals surface area contributed by atoms with Gasteiger partial charge < -0.3 is 22.8 Å². The van der Waals surface area contributed by atoms with Gasteiger partial charge in [0, 0.05) is 0 Å². The Balaban J connectivity index is 1.35. The predicted octanol–water partition coefficient (Wildman–Crippen LogP) is 8.35. The van der Waals surface area contributed by atoms with Crippen molar-refractivity contribution in [2.24, 2.45) is 0 Å². The van der Waals surface area contributed by atoms with E-state index in [1.54, 1.807) is 111 Å². The van der Waals surface area contributed by atoms with Crippen LogP contribution in [0.15, 0.2) is 121 Å². The van der Waals surface area contributed by atoms with Crippen molar-refractivity contribution in [2.75, 3.05) is 13.2 Å². The third-order valence-corrected chi connectivity index (χ3v) is 7.91. The zero-order valence-electron chi connectivity index (χ0n) is 22.7. The van der Waals surface area contributed by atoms with Gasteiger partial charge in [0.25, 0.3) is 0 Å². The molecule has 11 heteroatoms. The van der Waals surface area contributed by atoms with E-state index >= 15 is 0 Å². The number of benzene rings is 4.